The van der Waals surface area contributed by atoms with Gasteiger partial charge in [-0.2, -0.15) is 5.10 Å². The number of carbonyl (C=O) groups excluding carboxylic acids is 2. The molecule has 0 saturated carbocycles. The number of carbonyl (C=O) groups is 2. The topological polar surface area (TPSA) is 86.2 Å². The number of hydrazone groups is 1. The zero-order chi connectivity index (χ0) is 23.8. The Morgan fingerprint density at radius 1 is 0.853 bits per heavy atom. The highest BCUT2D eigenvalue weighted by molar-refractivity contribution is 5.91. The number of hydrogen-bond acceptors (Lipinski definition) is 6. The van der Waals surface area contributed by atoms with E-state index in [2.05, 4.69) is 10.5 Å². The Labute approximate surface area is 196 Å². The molecular weight excluding hydrogens is 432 g/mol. The van der Waals surface area contributed by atoms with Gasteiger partial charge in [-0.1, -0.05) is 36.4 Å². The van der Waals surface area contributed by atoms with Crippen LogP contribution in [0, 0.1) is 0 Å². The molecule has 0 radical (unpaired) electrons. The summed E-state index contributed by atoms with van der Waals surface area (Å²) in [4.78, 5) is 24.3. The third-order valence-electron chi connectivity index (χ3n) is 4.93. The largest absolute Gasteiger partial charge is 0.497 e. The van der Waals surface area contributed by atoms with Crippen molar-refractivity contribution in [3.05, 3.63) is 102 Å². The summed E-state index contributed by atoms with van der Waals surface area (Å²) in [6.07, 6.45) is 1.49. The van der Waals surface area contributed by atoms with Crippen LogP contribution in [0.4, 0.5) is 0 Å². The summed E-state index contributed by atoms with van der Waals surface area (Å²) in [5.41, 5.74) is 3.58. The normalized spacial score (nSPS) is 10.7. The zero-order valence-corrected chi connectivity index (χ0v) is 18.4. The molecule has 1 N–H and O–H groups in total. The molecule has 0 aliphatic heterocycles. The van der Waals surface area contributed by atoms with Crippen LogP contribution in [0.5, 0.6) is 17.2 Å². The van der Waals surface area contributed by atoms with Crippen molar-refractivity contribution in [2.45, 2.75) is 0 Å². The molecule has 4 aromatic rings. The lowest BCUT2D eigenvalue weighted by molar-refractivity contribution is -0.123. The summed E-state index contributed by atoms with van der Waals surface area (Å²) < 4.78 is 16.1. The Bertz CT molecular complexity index is 1310. The summed E-state index contributed by atoms with van der Waals surface area (Å²) in [6.45, 7) is -0.161. The lowest BCUT2D eigenvalue weighted by Gasteiger charge is -2.08. The van der Waals surface area contributed by atoms with Crippen LogP contribution in [0.2, 0.25) is 0 Å². The molecule has 0 saturated heterocycles. The van der Waals surface area contributed by atoms with Crippen molar-refractivity contribution in [3.8, 4) is 17.2 Å². The van der Waals surface area contributed by atoms with Gasteiger partial charge in [-0.3, -0.25) is 4.79 Å². The molecule has 0 heterocycles. The van der Waals surface area contributed by atoms with Crippen molar-refractivity contribution in [1.82, 2.24) is 5.43 Å². The number of amides is 1. The van der Waals surface area contributed by atoms with Crippen molar-refractivity contribution in [1.29, 1.82) is 0 Å². The number of nitrogens with one attached hydrogen (secondary N) is 1. The van der Waals surface area contributed by atoms with Gasteiger partial charge in [0.15, 0.2) is 6.61 Å². The molecule has 0 aromatic heterocycles. The molecule has 0 aliphatic rings. The molecule has 7 nitrogen and oxygen atoms in total. The number of fused-ring (bicyclic) bond motifs is 1. The number of benzene rings is 4. The third-order valence-corrected chi connectivity index (χ3v) is 4.93. The second-order valence-electron chi connectivity index (χ2n) is 7.25. The SMILES string of the molecule is COc1ccc(C(=O)Oc2ccc(C=NNC(=O)COc3cccc4ccccc34)cc2)cc1. The lowest BCUT2D eigenvalue weighted by Crippen LogP contribution is -2.24. The fourth-order valence-corrected chi connectivity index (χ4v) is 3.19. The Morgan fingerprint density at radius 2 is 1.56 bits per heavy atom. The second-order valence-corrected chi connectivity index (χ2v) is 7.25. The highest BCUT2D eigenvalue weighted by atomic mass is 16.5. The average Bonchev–Trinajstić information content (AvgIpc) is 2.88. The molecule has 0 aliphatic carbocycles. The first-order chi connectivity index (χ1) is 16.6. The highest BCUT2D eigenvalue weighted by Gasteiger charge is 2.09. The van der Waals surface area contributed by atoms with Gasteiger partial charge in [-0.05, 0) is 65.5 Å². The predicted molar refractivity (Wildman–Crippen MR) is 130 cm³/mol. The van der Waals surface area contributed by atoms with E-state index in [4.69, 9.17) is 14.2 Å². The minimum Gasteiger partial charge on any atom is -0.497 e. The van der Waals surface area contributed by atoms with Crippen LogP contribution in [-0.2, 0) is 4.79 Å². The smallest absolute Gasteiger partial charge is 0.343 e. The van der Waals surface area contributed by atoms with Gasteiger partial charge in [0.1, 0.15) is 17.2 Å². The van der Waals surface area contributed by atoms with Gasteiger partial charge >= 0.3 is 5.97 Å². The lowest BCUT2D eigenvalue weighted by atomic mass is 10.1. The van der Waals surface area contributed by atoms with Crippen molar-refractivity contribution in [3.63, 3.8) is 0 Å². The molecule has 0 atom stereocenters. The quantitative estimate of drug-likeness (QED) is 0.182. The zero-order valence-electron chi connectivity index (χ0n) is 18.4. The van der Waals surface area contributed by atoms with Crippen LogP contribution in [0.1, 0.15) is 15.9 Å². The van der Waals surface area contributed by atoms with Gasteiger partial charge in [0.2, 0.25) is 0 Å². The van der Waals surface area contributed by atoms with Crippen LogP contribution >= 0.6 is 0 Å². The Morgan fingerprint density at radius 3 is 2.32 bits per heavy atom. The number of methoxy groups -OCH3 is 1. The van der Waals surface area contributed by atoms with E-state index < -0.39 is 5.97 Å². The van der Waals surface area contributed by atoms with E-state index in [1.54, 1.807) is 55.6 Å². The maximum absolute atomic E-state index is 12.2. The number of ether oxygens (including phenoxy) is 3. The highest BCUT2D eigenvalue weighted by Crippen LogP contribution is 2.25. The fourth-order valence-electron chi connectivity index (χ4n) is 3.19. The molecule has 4 rings (SSSR count). The maximum Gasteiger partial charge on any atom is 0.343 e. The van der Waals surface area contributed by atoms with E-state index in [1.165, 1.54) is 6.21 Å². The van der Waals surface area contributed by atoms with E-state index in [-0.39, 0.29) is 12.5 Å². The second kappa shape index (κ2) is 10.8. The molecule has 0 fully saturated rings. The predicted octanol–water partition coefficient (Wildman–Crippen LogP) is 4.60. The number of hydrogen-bond donors (Lipinski definition) is 1. The van der Waals surface area contributed by atoms with Crippen molar-refractivity contribution >= 4 is 28.9 Å². The number of rotatable bonds is 8. The van der Waals surface area contributed by atoms with Gasteiger partial charge in [0.05, 0.1) is 18.9 Å². The first kappa shape index (κ1) is 22.5. The first-order valence-corrected chi connectivity index (χ1v) is 10.5. The molecule has 0 spiro atoms. The standard InChI is InChI=1S/C27H22N2O5/c1-32-22-15-11-21(12-16-22)27(31)34-23-13-9-19(10-14-23)17-28-29-26(30)18-33-25-8-4-6-20-5-2-3-7-24(20)25/h2-17H,18H2,1H3,(H,29,30). The van der Waals surface area contributed by atoms with Crippen LogP contribution in [-0.4, -0.2) is 31.8 Å². The van der Waals surface area contributed by atoms with E-state index in [0.717, 1.165) is 16.3 Å². The number of esters is 1. The minimum absolute atomic E-state index is 0.161. The minimum atomic E-state index is -0.470. The molecule has 7 heteroatoms. The van der Waals surface area contributed by atoms with E-state index >= 15 is 0 Å². The molecule has 0 unspecified atom stereocenters. The van der Waals surface area contributed by atoms with Crippen LogP contribution in [0.3, 0.4) is 0 Å². The van der Waals surface area contributed by atoms with Crippen LogP contribution < -0.4 is 19.6 Å². The van der Waals surface area contributed by atoms with Crippen molar-refractivity contribution in [2.24, 2.45) is 5.10 Å². The van der Waals surface area contributed by atoms with E-state index in [1.807, 2.05) is 42.5 Å². The summed E-state index contributed by atoms with van der Waals surface area (Å²) in [5.74, 6) is 0.839. The molecule has 1 amide bonds. The molecule has 0 bridgehead atoms. The van der Waals surface area contributed by atoms with E-state index in [0.29, 0.717) is 22.8 Å². The monoisotopic (exact) mass is 454 g/mol. The summed E-state index contributed by atoms with van der Waals surface area (Å²) in [7, 11) is 1.56. The van der Waals surface area contributed by atoms with Crippen molar-refractivity contribution < 1.29 is 23.8 Å². The van der Waals surface area contributed by atoms with Gasteiger partial charge in [0, 0.05) is 5.39 Å². The summed E-state index contributed by atoms with van der Waals surface area (Å²) in [6, 6.07) is 26.9. The molecular formula is C27H22N2O5. The van der Waals surface area contributed by atoms with Gasteiger partial charge < -0.3 is 14.2 Å². The summed E-state index contributed by atoms with van der Waals surface area (Å²) >= 11 is 0. The average molecular weight is 454 g/mol. The molecule has 170 valence electrons. The Balaban J connectivity index is 1.26. The van der Waals surface area contributed by atoms with E-state index in [9.17, 15) is 9.59 Å². The maximum atomic E-state index is 12.2. The fraction of sp³-hybridized carbons (Fsp3) is 0.0741. The van der Waals surface area contributed by atoms with Crippen molar-refractivity contribution in [2.75, 3.05) is 13.7 Å². The number of nitrogens with zero attached hydrogens (tertiary/aromatic N) is 1. The van der Waals surface area contributed by atoms with Crippen LogP contribution in [0.15, 0.2) is 96.1 Å². The Hall–Kier alpha value is -4.65. The molecule has 4 aromatic carbocycles. The summed E-state index contributed by atoms with van der Waals surface area (Å²) in [5, 5.41) is 5.92. The van der Waals surface area contributed by atoms with Gasteiger partial charge in [-0.15, -0.1) is 0 Å². The third kappa shape index (κ3) is 5.77. The van der Waals surface area contributed by atoms with Crippen LogP contribution in [0.25, 0.3) is 10.8 Å². The Kier molecular flexibility index (Phi) is 7.15. The molecule has 34 heavy (non-hydrogen) atoms. The van der Waals surface area contributed by atoms with Gasteiger partial charge in [0.25, 0.3) is 5.91 Å². The van der Waals surface area contributed by atoms with Gasteiger partial charge in [-0.25, -0.2) is 10.2 Å². The first-order valence-electron chi connectivity index (χ1n) is 10.5.